The number of nitrogens with zero attached hydrogens (tertiary/aromatic N) is 2. The molecule has 126 valence electrons. The predicted octanol–water partition coefficient (Wildman–Crippen LogP) is 2.93. The Kier molecular flexibility index (Phi) is 3.66. The highest BCUT2D eigenvalue weighted by Crippen LogP contribution is 2.43. The summed E-state index contributed by atoms with van der Waals surface area (Å²) in [6.07, 6.45) is 1.00. The van der Waals surface area contributed by atoms with Gasteiger partial charge in [-0.2, -0.15) is 0 Å². The van der Waals surface area contributed by atoms with Crippen molar-refractivity contribution >= 4 is 17.5 Å². The van der Waals surface area contributed by atoms with Crippen LogP contribution in [0.15, 0.2) is 35.5 Å². The Bertz CT molecular complexity index is 782. The zero-order valence-electron chi connectivity index (χ0n) is 13.8. The lowest BCUT2D eigenvalue weighted by Crippen LogP contribution is -2.49. The molecule has 1 aromatic carbocycles. The van der Waals surface area contributed by atoms with E-state index in [1.54, 1.807) is 19.2 Å². The normalized spacial score (nSPS) is 23.0. The number of allylic oxidation sites excluding steroid dienone is 1. The highest BCUT2D eigenvalue weighted by Gasteiger charge is 2.42. The van der Waals surface area contributed by atoms with Crippen LogP contribution in [-0.4, -0.2) is 28.7 Å². The van der Waals surface area contributed by atoms with E-state index < -0.39 is 11.0 Å². The number of rotatable bonds is 2. The number of nitro groups is 1. The predicted molar refractivity (Wildman–Crippen MR) is 87.2 cm³/mol. The monoisotopic (exact) mass is 329 g/mol. The smallest absolute Gasteiger partial charge is 0.322 e. The number of nitro benzene ring substituents is 1. The lowest BCUT2D eigenvalue weighted by molar-refractivity contribution is -0.384. The van der Waals surface area contributed by atoms with Gasteiger partial charge in [-0.05, 0) is 17.4 Å². The highest BCUT2D eigenvalue weighted by atomic mass is 16.6. The minimum atomic E-state index is -0.646. The second-order valence-electron chi connectivity index (χ2n) is 7.09. The fraction of sp³-hybridized carbons (Fsp3) is 0.412. The molecule has 0 saturated carbocycles. The van der Waals surface area contributed by atoms with Crippen LogP contribution >= 0.6 is 0 Å². The first-order valence-electron chi connectivity index (χ1n) is 7.74. The topological polar surface area (TPSA) is 92.6 Å². The first-order chi connectivity index (χ1) is 11.2. The average Bonchev–Trinajstić information content (AvgIpc) is 2.50. The maximum atomic E-state index is 12.7. The number of non-ortho nitro benzene ring substituents is 1. The number of Topliss-reactive ketones (excluding diaryl/α,β-unsaturated/α-hetero) is 1. The highest BCUT2D eigenvalue weighted by molar-refractivity contribution is 6.01. The molecule has 7 heteroatoms. The van der Waals surface area contributed by atoms with Gasteiger partial charge < -0.3 is 10.2 Å². The second-order valence-corrected chi connectivity index (χ2v) is 7.09. The van der Waals surface area contributed by atoms with Gasteiger partial charge in [-0.3, -0.25) is 14.9 Å². The number of nitrogens with one attached hydrogen (secondary N) is 1. The summed E-state index contributed by atoms with van der Waals surface area (Å²) in [7, 11) is 1.64. The lowest BCUT2D eigenvalue weighted by Gasteiger charge is -2.42. The Morgan fingerprint density at radius 3 is 2.67 bits per heavy atom. The van der Waals surface area contributed by atoms with Crippen molar-refractivity contribution in [1.29, 1.82) is 0 Å². The van der Waals surface area contributed by atoms with Crippen molar-refractivity contribution in [3.05, 3.63) is 51.2 Å². The molecule has 2 aliphatic rings. The summed E-state index contributed by atoms with van der Waals surface area (Å²) in [5.41, 5.74) is 1.51. The molecule has 1 aromatic rings. The van der Waals surface area contributed by atoms with Gasteiger partial charge in [0.1, 0.15) is 0 Å². The molecule has 1 aliphatic carbocycles. The molecular weight excluding hydrogens is 310 g/mol. The van der Waals surface area contributed by atoms with Gasteiger partial charge in [-0.15, -0.1) is 0 Å². The number of amides is 2. The molecular formula is C17H19N3O4. The zero-order chi connectivity index (χ0) is 17.6. The molecule has 24 heavy (non-hydrogen) atoms. The first-order valence-corrected chi connectivity index (χ1v) is 7.74. The van der Waals surface area contributed by atoms with Crippen LogP contribution in [0.4, 0.5) is 10.5 Å². The van der Waals surface area contributed by atoms with E-state index in [0.717, 1.165) is 0 Å². The maximum absolute atomic E-state index is 12.7. The van der Waals surface area contributed by atoms with Crippen molar-refractivity contribution in [1.82, 2.24) is 10.2 Å². The molecule has 1 unspecified atom stereocenters. The van der Waals surface area contributed by atoms with Crippen molar-refractivity contribution in [2.45, 2.75) is 32.7 Å². The third kappa shape index (κ3) is 2.66. The molecule has 0 spiro atoms. The fourth-order valence-electron chi connectivity index (χ4n) is 3.41. The van der Waals surface area contributed by atoms with Gasteiger partial charge in [0, 0.05) is 36.9 Å². The number of hydrogen-bond acceptors (Lipinski definition) is 4. The number of benzene rings is 1. The third-order valence-electron chi connectivity index (χ3n) is 4.58. The number of carbonyl (C=O) groups is 2. The average molecular weight is 329 g/mol. The fourth-order valence-corrected chi connectivity index (χ4v) is 3.41. The summed E-state index contributed by atoms with van der Waals surface area (Å²) in [6.45, 7) is 3.99. The van der Waals surface area contributed by atoms with Crippen LogP contribution in [0.2, 0.25) is 0 Å². The van der Waals surface area contributed by atoms with E-state index >= 15 is 0 Å². The van der Waals surface area contributed by atoms with E-state index in [1.165, 1.54) is 17.0 Å². The van der Waals surface area contributed by atoms with Gasteiger partial charge in [0.15, 0.2) is 5.78 Å². The molecule has 1 aliphatic heterocycles. The maximum Gasteiger partial charge on any atom is 0.322 e. The summed E-state index contributed by atoms with van der Waals surface area (Å²) in [5.74, 6) is -0.0235. The standard InChI is InChI=1S/C17H19N3O4/c1-17(2)8-12-14(13(21)9-17)15(18-16(22)19(12)3)10-5-4-6-11(7-10)20(23)24/h4-7,15H,8-9H2,1-3H3,(H,18,22). The largest absolute Gasteiger partial charge is 0.327 e. The van der Waals surface area contributed by atoms with Crippen LogP contribution in [0, 0.1) is 15.5 Å². The van der Waals surface area contributed by atoms with Crippen LogP contribution in [0.3, 0.4) is 0 Å². The van der Waals surface area contributed by atoms with Gasteiger partial charge in [0.25, 0.3) is 5.69 Å². The van der Waals surface area contributed by atoms with Gasteiger partial charge in [0.2, 0.25) is 0 Å². The molecule has 3 rings (SSSR count). The minimum absolute atomic E-state index is 0.0235. The van der Waals surface area contributed by atoms with E-state index in [-0.39, 0.29) is 22.9 Å². The van der Waals surface area contributed by atoms with Crippen LogP contribution in [0.25, 0.3) is 0 Å². The van der Waals surface area contributed by atoms with Crippen molar-refractivity contribution < 1.29 is 14.5 Å². The summed E-state index contributed by atoms with van der Waals surface area (Å²) >= 11 is 0. The van der Waals surface area contributed by atoms with E-state index in [4.69, 9.17) is 0 Å². The van der Waals surface area contributed by atoms with E-state index in [9.17, 15) is 19.7 Å². The molecule has 0 saturated heterocycles. The number of ketones is 1. The molecule has 0 fully saturated rings. The van der Waals surface area contributed by atoms with Crippen molar-refractivity contribution in [2.75, 3.05) is 7.05 Å². The molecule has 0 radical (unpaired) electrons. The SMILES string of the molecule is CN1C(=O)NC(c2cccc([N+](=O)[O-])c2)C2=C1CC(C)(C)CC2=O. The van der Waals surface area contributed by atoms with Gasteiger partial charge >= 0.3 is 6.03 Å². The number of urea groups is 1. The second kappa shape index (κ2) is 5.43. The van der Waals surface area contributed by atoms with Crippen LogP contribution in [0.5, 0.6) is 0 Å². The zero-order valence-corrected chi connectivity index (χ0v) is 13.8. The summed E-state index contributed by atoms with van der Waals surface area (Å²) in [5, 5.41) is 13.8. The van der Waals surface area contributed by atoms with Gasteiger partial charge in [0.05, 0.1) is 11.0 Å². The van der Waals surface area contributed by atoms with Gasteiger partial charge in [-0.1, -0.05) is 26.0 Å². The van der Waals surface area contributed by atoms with Crippen LogP contribution < -0.4 is 5.32 Å². The molecule has 1 N–H and O–H groups in total. The van der Waals surface area contributed by atoms with E-state index in [1.807, 2.05) is 13.8 Å². The minimum Gasteiger partial charge on any atom is -0.327 e. The molecule has 1 atom stereocenters. The molecule has 1 heterocycles. The molecule has 7 nitrogen and oxygen atoms in total. The first kappa shape index (κ1) is 16.2. The van der Waals surface area contributed by atoms with E-state index in [0.29, 0.717) is 29.7 Å². The molecule has 0 bridgehead atoms. The Hall–Kier alpha value is -2.70. The Balaban J connectivity index is 2.13. The molecule has 2 amide bonds. The van der Waals surface area contributed by atoms with Crippen LogP contribution in [-0.2, 0) is 4.79 Å². The summed E-state index contributed by atoms with van der Waals surface area (Å²) < 4.78 is 0. The Morgan fingerprint density at radius 2 is 2.00 bits per heavy atom. The molecule has 0 aromatic heterocycles. The quantitative estimate of drug-likeness (QED) is 0.667. The Labute approximate surface area is 139 Å². The van der Waals surface area contributed by atoms with Crippen molar-refractivity contribution in [3.63, 3.8) is 0 Å². The van der Waals surface area contributed by atoms with Crippen molar-refractivity contribution in [2.24, 2.45) is 5.41 Å². The Morgan fingerprint density at radius 1 is 1.29 bits per heavy atom. The number of hydrogen-bond donors (Lipinski definition) is 1. The number of carbonyl (C=O) groups excluding carboxylic acids is 2. The summed E-state index contributed by atoms with van der Waals surface area (Å²) in [6, 6.07) is 5.11. The lowest BCUT2D eigenvalue weighted by atomic mass is 9.72. The van der Waals surface area contributed by atoms with E-state index in [2.05, 4.69) is 5.32 Å². The van der Waals surface area contributed by atoms with Gasteiger partial charge in [-0.25, -0.2) is 4.79 Å². The van der Waals surface area contributed by atoms with Crippen molar-refractivity contribution in [3.8, 4) is 0 Å². The summed E-state index contributed by atoms with van der Waals surface area (Å²) in [4.78, 5) is 37.0. The third-order valence-corrected chi connectivity index (χ3v) is 4.58. The van der Waals surface area contributed by atoms with Crippen LogP contribution in [0.1, 0.15) is 38.3 Å².